The second-order valence-electron chi connectivity index (χ2n) is 2.78. The number of methoxy groups -OCH3 is 2. The Kier molecular flexibility index (Phi) is 6.60. The predicted molar refractivity (Wildman–Crippen MR) is 46.8 cm³/mol. The van der Waals surface area contributed by atoms with E-state index >= 15 is 0 Å². The molecule has 0 aliphatic heterocycles. The lowest BCUT2D eigenvalue weighted by Crippen LogP contribution is -2.48. The fourth-order valence-electron chi connectivity index (χ4n) is 1.06. The summed E-state index contributed by atoms with van der Waals surface area (Å²) in [6.45, 7) is -0.615. The first-order chi connectivity index (χ1) is 6.62. The van der Waals surface area contributed by atoms with Crippen LogP contribution in [0, 0.1) is 0 Å². The summed E-state index contributed by atoms with van der Waals surface area (Å²) < 4.78 is 9.52. The van der Waals surface area contributed by atoms with E-state index in [1.807, 2.05) is 0 Å². The number of carbonyl (C=O) groups is 1. The lowest BCUT2D eigenvalue weighted by molar-refractivity contribution is -0.148. The molecule has 0 rings (SSSR count). The zero-order valence-electron chi connectivity index (χ0n) is 8.16. The minimum Gasteiger partial charge on any atom is -0.394 e. The van der Waals surface area contributed by atoms with Gasteiger partial charge in [0.2, 0.25) is 0 Å². The molecular formula is C8H16O6. The first kappa shape index (κ1) is 13.5. The lowest BCUT2D eigenvalue weighted by Gasteiger charge is -2.27. The number of hydrogen-bond donors (Lipinski definition) is 3. The largest absolute Gasteiger partial charge is 0.394 e. The maximum atomic E-state index is 10.5. The van der Waals surface area contributed by atoms with Gasteiger partial charge in [-0.1, -0.05) is 0 Å². The van der Waals surface area contributed by atoms with Gasteiger partial charge in [0.1, 0.15) is 24.4 Å². The highest BCUT2D eigenvalue weighted by Crippen LogP contribution is 2.09. The van der Waals surface area contributed by atoms with Crippen molar-refractivity contribution in [3.63, 3.8) is 0 Å². The Bertz CT molecular complexity index is 162. The smallest absolute Gasteiger partial charge is 0.151 e. The molecule has 0 unspecified atom stereocenters. The molecule has 6 nitrogen and oxygen atoms in total. The maximum absolute atomic E-state index is 10.5. The fraction of sp³-hybridized carbons (Fsp3) is 0.875. The summed E-state index contributed by atoms with van der Waals surface area (Å²) in [5.41, 5.74) is 0. The Balaban J connectivity index is 4.44. The van der Waals surface area contributed by atoms with Gasteiger partial charge < -0.3 is 29.6 Å². The third kappa shape index (κ3) is 3.32. The first-order valence-electron chi connectivity index (χ1n) is 4.10. The van der Waals surface area contributed by atoms with Gasteiger partial charge in [-0.25, -0.2) is 0 Å². The molecule has 0 radical (unpaired) electrons. The molecule has 0 aliphatic rings. The van der Waals surface area contributed by atoms with Crippen LogP contribution in [0.15, 0.2) is 0 Å². The minimum atomic E-state index is -1.37. The van der Waals surface area contributed by atoms with Gasteiger partial charge in [-0.2, -0.15) is 0 Å². The molecule has 6 heteroatoms. The van der Waals surface area contributed by atoms with Crippen molar-refractivity contribution in [3.05, 3.63) is 0 Å². The van der Waals surface area contributed by atoms with Crippen molar-refractivity contribution < 1.29 is 29.6 Å². The van der Waals surface area contributed by atoms with Crippen LogP contribution in [-0.4, -0.2) is 66.8 Å². The molecule has 0 fully saturated rings. The number of aliphatic hydroxyl groups is 3. The van der Waals surface area contributed by atoms with Crippen molar-refractivity contribution in [2.45, 2.75) is 24.4 Å². The van der Waals surface area contributed by atoms with Crippen LogP contribution in [-0.2, 0) is 14.3 Å². The molecular weight excluding hydrogens is 192 g/mol. The summed E-state index contributed by atoms with van der Waals surface area (Å²) in [6.07, 6.45) is -4.25. The molecule has 0 saturated heterocycles. The fourth-order valence-corrected chi connectivity index (χ4v) is 1.06. The highest BCUT2D eigenvalue weighted by molar-refractivity contribution is 5.57. The number of aldehydes is 1. The number of rotatable bonds is 7. The number of aliphatic hydroxyl groups excluding tert-OH is 3. The zero-order chi connectivity index (χ0) is 11.1. The van der Waals surface area contributed by atoms with Crippen molar-refractivity contribution in [2.24, 2.45) is 0 Å². The van der Waals surface area contributed by atoms with E-state index in [-0.39, 0.29) is 0 Å². The molecule has 0 heterocycles. The molecule has 14 heavy (non-hydrogen) atoms. The van der Waals surface area contributed by atoms with Gasteiger partial charge in [0.15, 0.2) is 6.29 Å². The van der Waals surface area contributed by atoms with Gasteiger partial charge in [0.25, 0.3) is 0 Å². The average molecular weight is 208 g/mol. The van der Waals surface area contributed by atoms with Crippen LogP contribution in [0.25, 0.3) is 0 Å². The molecule has 0 saturated carbocycles. The van der Waals surface area contributed by atoms with Crippen molar-refractivity contribution in [2.75, 3.05) is 20.8 Å². The zero-order valence-corrected chi connectivity index (χ0v) is 8.16. The quantitative estimate of drug-likeness (QED) is 0.416. The summed E-state index contributed by atoms with van der Waals surface area (Å²) in [5.74, 6) is 0. The van der Waals surface area contributed by atoms with E-state index in [1.54, 1.807) is 0 Å². The normalized spacial score (nSPS) is 19.8. The second kappa shape index (κ2) is 6.86. The maximum Gasteiger partial charge on any atom is 0.151 e. The topological polar surface area (TPSA) is 96.2 Å². The van der Waals surface area contributed by atoms with E-state index in [0.717, 1.165) is 0 Å². The predicted octanol–water partition coefficient (Wildman–Crippen LogP) is -2.07. The van der Waals surface area contributed by atoms with E-state index in [4.69, 9.17) is 19.7 Å². The third-order valence-electron chi connectivity index (χ3n) is 1.92. The minimum absolute atomic E-state index is 0.460. The highest BCUT2D eigenvalue weighted by Gasteiger charge is 2.32. The van der Waals surface area contributed by atoms with E-state index < -0.39 is 31.0 Å². The molecule has 0 amide bonds. The summed E-state index contributed by atoms with van der Waals surface area (Å²) in [7, 11) is 2.55. The summed E-state index contributed by atoms with van der Waals surface area (Å²) >= 11 is 0. The summed E-state index contributed by atoms with van der Waals surface area (Å²) in [5, 5.41) is 27.1. The van der Waals surface area contributed by atoms with Gasteiger partial charge in [-0.15, -0.1) is 0 Å². The van der Waals surface area contributed by atoms with Gasteiger partial charge >= 0.3 is 0 Å². The van der Waals surface area contributed by atoms with Crippen LogP contribution >= 0.6 is 0 Å². The third-order valence-corrected chi connectivity index (χ3v) is 1.92. The van der Waals surface area contributed by atoms with Crippen LogP contribution in [0.3, 0.4) is 0 Å². The summed E-state index contributed by atoms with van der Waals surface area (Å²) in [4.78, 5) is 10.5. The molecule has 0 aromatic heterocycles. The molecule has 3 N–H and O–H groups in total. The van der Waals surface area contributed by atoms with Gasteiger partial charge in [-0.05, 0) is 0 Å². The molecule has 0 aromatic carbocycles. The lowest BCUT2D eigenvalue weighted by atomic mass is 10.0. The second-order valence-corrected chi connectivity index (χ2v) is 2.78. The van der Waals surface area contributed by atoms with Crippen LogP contribution in [0.4, 0.5) is 0 Å². The van der Waals surface area contributed by atoms with E-state index in [1.165, 1.54) is 14.2 Å². The van der Waals surface area contributed by atoms with Crippen molar-refractivity contribution in [1.82, 2.24) is 0 Å². The van der Waals surface area contributed by atoms with E-state index in [9.17, 15) is 9.90 Å². The summed E-state index contributed by atoms with van der Waals surface area (Å²) in [6, 6.07) is 0. The molecule has 0 aliphatic carbocycles. The van der Waals surface area contributed by atoms with Gasteiger partial charge in [-0.3, -0.25) is 0 Å². The molecule has 84 valence electrons. The van der Waals surface area contributed by atoms with Crippen LogP contribution < -0.4 is 0 Å². The number of hydrogen-bond acceptors (Lipinski definition) is 6. The Morgan fingerprint density at radius 2 is 1.86 bits per heavy atom. The van der Waals surface area contributed by atoms with Crippen LogP contribution in [0.5, 0.6) is 0 Å². The molecule has 0 bridgehead atoms. The van der Waals surface area contributed by atoms with Crippen molar-refractivity contribution >= 4 is 6.29 Å². The highest BCUT2D eigenvalue weighted by atomic mass is 16.5. The van der Waals surface area contributed by atoms with Gasteiger partial charge in [0, 0.05) is 14.2 Å². The molecule has 0 spiro atoms. The number of carbonyl (C=O) groups excluding carboxylic acids is 1. The Labute approximate surface area is 82.1 Å². The average Bonchev–Trinajstić information content (AvgIpc) is 2.23. The van der Waals surface area contributed by atoms with E-state index in [2.05, 4.69) is 0 Å². The van der Waals surface area contributed by atoms with Gasteiger partial charge in [0.05, 0.1) is 6.61 Å². The van der Waals surface area contributed by atoms with Crippen LogP contribution in [0.1, 0.15) is 0 Å². The first-order valence-corrected chi connectivity index (χ1v) is 4.10. The number of ether oxygens (including phenoxy) is 2. The van der Waals surface area contributed by atoms with Crippen molar-refractivity contribution in [1.29, 1.82) is 0 Å². The molecule has 0 aromatic rings. The van der Waals surface area contributed by atoms with Crippen molar-refractivity contribution in [3.8, 4) is 0 Å². The van der Waals surface area contributed by atoms with E-state index in [0.29, 0.717) is 6.29 Å². The van der Waals surface area contributed by atoms with Crippen LogP contribution in [0.2, 0.25) is 0 Å². The SMILES string of the molecule is CO[C@H]([C@H](O)[C@H](O)CO)[C@@H](C=O)OC. The Morgan fingerprint density at radius 3 is 2.14 bits per heavy atom. The monoisotopic (exact) mass is 208 g/mol. The Hall–Kier alpha value is -0.530. The molecule has 4 atom stereocenters. The Morgan fingerprint density at radius 1 is 1.29 bits per heavy atom. The standard InChI is InChI=1S/C8H16O6/c1-13-6(4-10)8(14-2)7(12)5(11)3-9/h4-9,11-12H,3H2,1-2H3/t5-,6-,7-,8+/m1/s1.